The van der Waals surface area contributed by atoms with Crippen LogP contribution in [0, 0.1) is 12.7 Å². The molecule has 0 fully saturated rings. The SMILES string of the molecule is Cc1cncc(COc2ccc([C@H](C)O)cc2F)c1. The van der Waals surface area contributed by atoms with Crippen LogP contribution in [0.25, 0.3) is 0 Å². The number of aryl methyl sites for hydroxylation is 1. The van der Waals surface area contributed by atoms with Gasteiger partial charge in [0.05, 0.1) is 6.10 Å². The Labute approximate surface area is 111 Å². The highest BCUT2D eigenvalue weighted by Crippen LogP contribution is 2.22. The summed E-state index contributed by atoms with van der Waals surface area (Å²) in [5, 5.41) is 9.36. The van der Waals surface area contributed by atoms with Gasteiger partial charge in [-0.1, -0.05) is 6.07 Å². The zero-order chi connectivity index (χ0) is 13.8. The van der Waals surface area contributed by atoms with Gasteiger partial charge >= 0.3 is 0 Å². The van der Waals surface area contributed by atoms with Gasteiger partial charge < -0.3 is 9.84 Å². The van der Waals surface area contributed by atoms with Crippen molar-refractivity contribution in [1.82, 2.24) is 4.98 Å². The molecule has 0 aliphatic rings. The summed E-state index contributed by atoms with van der Waals surface area (Å²) in [6.45, 7) is 3.79. The van der Waals surface area contributed by atoms with E-state index in [1.54, 1.807) is 25.4 Å². The molecule has 2 rings (SSSR count). The molecule has 1 aromatic carbocycles. The molecule has 4 heteroatoms. The normalized spacial score (nSPS) is 12.2. The van der Waals surface area contributed by atoms with Crippen molar-refractivity contribution < 1.29 is 14.2 Å². The lowest BCUT2D eigenvalue weighted by Crippen LogP contribution is -2.00. The Morgan fingerprint density at radius 3 is 2.74 bits per heavy atom. The summed E-state index contributed by atoms with van der Waals surface area (Å²) < 4.78 is 19.2. The van der Waals surface area contributed by atoms with E-state index in [0.717, 1.165) is 11.1 Å². The molecule has 2 aromatic rings. The minimum absolute atomic E-state index is 0.172. The van der Waals surface area contributed by atoms with Crippen molar-refractivity contribution in [2.24, 2.45) is 0 Å². The van der Waals surface area contributed by atoms with Gasteiger partial charge in [-0.25, -0.2) is 4.39 Å². The van der Waals surface area contributed by atoms with Crippen LogP contribution in [0.2, 0.25) is 0 Å². The fourth-order valence-electron chi connectivity index (χ4n) is 1.75. The quantitative estimate of drug-likeness (QED) is 0.919. The van der Waals surface area contributed by atoms with Gasteiger partial charge in [-0.15, -0.1) is 0 Å². The lowest BCUT2D eigenvalue weighted by molar-refractivity contribution is 0.198. The topological polar surface area (TPSA) is 42.4 Å². The van der Waals surface area contributed by atoms with Crippen LogP contribution in [0.3, 0.4) is 0 Å². The smallest absolute Gasteiger partial charge is 0.165 e. The Bertz CT molecular complexity index is 570. The van der Waals surface area contributed by atoms with Gasteiger partial charge in [-0.3, -0.25) is 4.98 Å². The van der Waals surface area contributed by atoms with E-state index >= 15 is 0 Å². The molecular formula is C15H16FNO2. The molecule has 0 bridgehead atoms. The average molecular weight is 261 g/mol. The maximum absolute atomic E-state index is 13.7. The summed E-state index contributed by atoms with van der Waals surface area (Å²) >= 11 is 0. The molecule has 3 nitrogen and oxygen atoms in total. The van der Waals surface area contributed by atoms with Gasteiger partial charge in [-0.2, -0.15) is 0 Å². The van der Waals surface area contributed by atoms with E-state index in [0.29, 0.717) is 5.56 Å². The van der Waals surface area contributed by atoms with Crippen LogP contribution >= 0.6 is 0 Å². The third kappa shape index (κ3) is 3.51. The number of halogens is 1. The van der Waals surface area contributed by atoms with Crippen LogP contribution in [-0.2, 0) is 6.61 Å². The Morgan fingerprint density at radius 2 is 2.11 bits per heavy atom. The second kappa shape index (κ2) is 5.80. The monoisotopic (exact) mass is 261 g/mol. The van der Waals surface area contributed by atoms with E-state index in [1.165, 1.54) is 12.1 Å². The van der Waals surface area contributed by atoms with Crippen molar-refractivity contribution in [1.29, 1.82) is 0 Å². The summed E-state index contributed by atoms with van der Waals surface area (Å²) in [4.78, 5) is 4.05. The number of hydrogen-bond acceptors (Lipinski definition) is 3. The third-order valence-electron chi connectivity index (χ3n) is 2.76. The summed E-state index contributed by atoms with van der Waals surface area (Å²) in [5.74, 6) is -0.301. The van der Waals surface area contributed by atoms with E-state index in [9.17, 15) is 9.50 Å². The van der Waals surface area contributed by atoms with Gasteiger partial charge in [0.1, 0.15) is 6.61 Å². The first kappa shape index (κ1) is 13.5. The van der Waals surface area contributed by atoms with E-state index in [1.807, 2.05) is 13.0 Å². The Hall–Kier alpha value is -1.94. The van der Waals surface area contributed by atoms with Gasteiger partial charge in [-0.05, 0) is 43.2 Å². The van der Waals surface area contributed by atoms with Gasteiger partial charge in [0.2, 0.25) is 0 Å². The van der Waals surface area contributed by atoms with Gasteiger partial charge in [0.25, 0.3) is 0 Å². The number of aromatic nitrogens is 1. The van der Waals surface area contributed by atoms with Crippen molar-refractivity contribution in [3.05, 3.63) is 59.2 Å². The van der Waals surface area contributed by atoms with Gasteiger partial charge in [0.15, 0.2) is 11.6 Å². The standard InChI is InChI=1S/C15H16FNO2/c1-10-5-12(8-17-7-10)9-19-15-4-3-13(11(2)18)6-14(15)16/h3-8,11,18H,9H2,1-2H3/t11-/m0/s1. The van der Waals surface area contributed by atoms with Crippen LogP contribution in [-0.4, -0.2) is 10.1 Å². The molecule has 1 heterocycles. The number of pyridine rings is 1. The molecule has 100 valence electrons. The third-order valence-corrected chi connectivity index (χ3v) is 2.76. The minimum Gasteiger partial charge on any atom is -0.486 e. The van der Waals surface area contributed by atoms with E-state index < -0.39 is 11.9 Å². The predicted octanol–water partition coefficient (Wildman–Crippen LogP) is 3.16. The number of benzene rings is 1. The van der Waals surface area contributed by atoms with E-state index in [-0.39, 0.29) is 12.4 Å². The predicted molar refractivity (Wildman–Crippen MR) is 70.3 cm³/mol. The summed E-state index contributed by atoms with van der Waals surface area (Å²) in [5.41, 5.74) is 2.45. The van der Waals surface area contributed by atoms with Crippen molar-refractivity contribution in [2.45, 2.75) is 26.6 Å². The molecule has 1 atom stereocenters. The molecule has 0 spiro atoms. The summed E-state index contributed by atoms with van der Waals surface area (Å²) in [7, 11) is 0. The highest BCUT2D eigenvalue weighted by atomic mass is 19.1. The Kier molecular flexibility index (Phi) is 4.12. The van der Waals surface area contributed by atoms with Crippen molar-refractivity contribution in [3.63, 3.8) is 0 Å². The van der Waals surface area contributed by atoms with Crippen LogP contribution < -0.4 is 4.74 Å². The second-order valence-electron chi connectivity index (χ2n) is 4.53. The molecule has 1 aromatic heterocycles. The molecule has 0 amide bonds. The summed E-state index contributed by atoms with van der Waals surface area (Å²) in [6.07, 6.45) is 2.75. The molecule has 0 saturated carbocycles. The molecule has 1 N–H and O–H groups in total. The zero-order valence-electron chi connectivity index (χ0n) is 10.9. The average Bonchev–Trinajstić information content (AvgIpc) is 2.37. The zero-order valence-corrected chi connectivity index (χ0v) is 10.9. The molecule has 0 saturated heterocycles. The van der Waals surface area contributed by atoms with E-state index in [4.69, 9.17) is 4.74 Å². The number of hydrogen-bond donors (Lipinski definition) is 1. The first-order valence-corrected chi connectivity index (χ1v) is 6.07. The van der Waals surface area contributed by atoms with Gasteiger partial charge in [0, 0.05) is 18.0 Å². The number of ether oxygens (including phenoxy) is 1. The Morgan fingerprint density at radius 1 is 1.32 bits per heavy atom. The maximum Gasteiger partial charge on any atom is 0.165 e. The largest absolute Gasteiger partial charge is 0.486 e. The van der Waals surface area contributed by atoms with Crippen molar-refractivity contribution >= 4 is 0 Å². The Balaban J connectivity index is 2.07. The highest BCUT2D eigenvalue weighted by molar-refractivity contribution is 5.30. The van der Waals surface area contributed by atoms with Crippen LogP contribution in [0.15, 0.2) is 36.7 Å². The number of nitrogens with zero attached hydrogens (tertiary/aromatic N) is 1. The second-order valence-corrected chi connectivity index (χ2v) is 4.53. The highest BCUT2D eigenvalue weighted by Gasteiger charge is 2.08. The fraction of sp³-hybridized carbons (Fsp3) is 0.267. The minimum atomic E-state index is -0.690. The molecule has 0 unspecified atom stereocenters. The van der Waals surface area contributed by atoms with Crippen molar-refractivity contribution in [2.75, 3.05) is 0 Å². The van der Waals surface area contributed by atoms with Crippen molar-refractivity contribution in [3.8, 4) is 5.75 Å². The molecule has 19 heavy (non-hydrogen) atoms. The lowest BCUT2D eigenvalue weighted by Gasteiger charge is -2.10. The number of rotatable bonds is 4. The van der Waals surface area contributed by atoms with Crippen LogP contribution in [0.1, 0.15) is 29.7 Å². The maximum atomic E-state index is 13.7. The molecule has 0 aliphatic heterocycles. The van der Waals surface area contributed by atoms with Crippen LogP contribution in [0.5, 0.6) is 5.75 Å². The molecule has 0 aliphatic carbocycles. The molecule has 0 radical (unpaired) electrons. The first-order valence-electron chi connectivity index (χ1n) is 6.07. The number of aliphatic hydroxyl groups excluding tert-OH is 1. The number of aliphatic hydroxyl groups is 1. The molecular weight excluding hydrogens is 245 g/mol. The van der Waals surface area contributed by atoms with Crippen LogP contribution in [0.4, 0.5) is 4.39 Å². The fourth-order valence-corrected chi connectivity index (χ4v) is 1.75. The summed E-state index contributed by atoms with van der Waals surface area (Å²) in [6, 6.07) is 6.40. The first-order chi connectivity index (χ1) is 9.06. The van der Waals surface area contributed by atoms with E-state index in [2.05, 4.69) is 4.98 Å². The lowest BCUT2D eigenvalue weighted by atomic mass is 10.1.